The average molecular weight is 266 g/mol. The van der Waals surface area contributed by atoms with Crippen molar-refractivity contribution in [3.05, 3.63) is 41.1 Å². The lowest BCUT2D eigenvalue weighted by molar-refractivity contribution is 0.567. The van der Waals surface area contributed by atoms with Gasteiger partial charge < -0.3 is 10.3 Å². The number of nitrogens with one attached hydrogen (secondary N) is 2. The summed E-state index contributed by atoms with van der Waals surface area (Å²) in [5, 5.41) is 3.92. The molecule has 0 saturated carbocycles. The number of aromatic nitrogens is 2. The summed E-state index contributed by atoms with van der Waals surface area (Å²) in [7, 11) is 0. The van der Waals surface area contributed by atoms with E-state index in [2.05, 4.69) is 15.3 Å². The number of imidazole rings is 1. The van der Waals surface area contributed by atoms with E-state index in [0.717, 1.165) is 24.9 Å². The molecule has 3 rings (SSSR count). The Labute approximate surface area is 109 Å². The first-order chi connectivity index (χ1) is 8.74. The first-order valence-corrected chi connectivity index (χ1v) is 6.36. The molecule has 1 aliphatic rings. The highest BCUT2D eigenvalue weighted by molar-refractivity contribution is 6.30. The Hall–Kier alpha value is -1.39. The minimum Gasteiger partial charge on any atom is -0.317 e. The fourth-order valence-electron chi connectivity index (χ4n) is 2.25. The van der Waals surface area contributed by atoms with E-state index < -0.39 is 0 Å². The van der Waals surface area contributed by atoms with Crippen LogP contribution in [0.4, 0.5) is 4.39 Å². The maximum absolute atomic E-state index is 13.9. The number of nitrogens with zero attached hydrogens (tertiary/aromatic N) is 1. The second kappa shape index (κ2) is 4.71. The number of halogens is 2. The number of H-pyrrole nitrogens is 1. The van der Waals surface area contributed by atoms with Gasteiger partial charge in [0.1, 0.15) is 11.5 Å². The molecule has 3 nitrogen and oxygen atoms in total. The zero-order valence-corrected chi connectivity index (χ0v) is 10.5. The molecular formula is C13H13ClFN3. The summed E-state index contributed by atoms with van der Waals surface area (Å²) in [5.41, 5.74) is 1.09. The molecule has 1 aromatic heterocycles. The molecule has 1 atom stereocenters. The Morgan fingerprint density at radius 1 is 1.28 bits per heavy atom. The number of aromatic amines is 1. The number of hydrogen-bond donors (Lipinski definition) is 2. The first kappa shape index (κ1) is 11.7. The Morgan fingerprint density at radius 3 is 2.72 bits per heavy atom. The molecule has 5 heteroatoms. The molecule has 0 spiro atoms. The van der Waals surface area contributed by atoms with Crippen molar-refractivity contribution in [2.24, 2.45) is 0 Å². The van der Waals surface area contributed by atoms with Gasteiger partial charge in [0.25, 0.3) is 0 Å². The summed E-state index contributed by atoms with van der Waals surface area (Å²) in [4.78, 5) is 7.08. The summed E-state index contributed by atoms with van der Waals surface area (Å²) in [6.07, 6.45) is 2.09. The van der Waals surface area contributed by atoms with E-state index in [1.165, 1.54) is 0 Å². The van der Waals surface area contributed by atoms with Crippen LogP contribution in [-0.2, 0) is 0 Å². The van der Waals surface area contributed by atoms with Crippen molar-refractivity contribution in [2.45, 2.75) is 18.9 Å². The molecule has 2 aromatic rings. The summed E-state index contributed by atoms with van der Waals surface area (Å²) in [5.74, 6) is 0.288. The van der Waals surface area contributed by atoms with Gasteiger partial charge in [-0.25, -0.2) is 4.98 Å². The van der Waals surface area contributed by atoms with E-state index in [-0.39, 0.29) is 12.0 Å². The molecule has 2 heterocycles. The molecule has 1 unspecified atom stereocenters. The predicted octanol–water partition coefficient (Wildman–Crippen LogP) is 3.29. The van der Waals surface area contributed by atoms with Crippen LogP contribution in [0.3, 0.4) is 0 Å². The monoisotopic (exact) mass is 265 g/mol. The van der Waals surface area contributed by atoms with Crippen LogP contribution >= 0.6 is 11.6 Å². The summed E-state index contributed by atoms with van der Waals surface area (Å²) in [6.45, 7) is 0.962. The Kier molecular flexibility index (Phi) is 3.06. The first-order valence-electron chi connectivity index (χ1n) is 5.99. The molecule has 1 aliphatic heterocycles. The lowest BCUT2D eigenvalue weighted by Crippen LogP contribution is -2.14. The van der Waals surface area contributed by atoms with E-state index in [9.17, 15) is 4.39 Å². The van der Waals surface area contributed by atoms with E-state index in [4.69, 9.17) is 11.6 Å². The molecule has 1 aromatic carbocycles. The largest absolute Gasteiger partial charge is 0.317 e. The van der Waals surface area contributed by atoms with E-state index in [0.29, 0.717) is 16.5 Å². The highest BCUT2D eigenvalue weighted by atomic mass is 35.5. The molecule has 2 N–H and O–H groups in total. The molecule has 0 radical (unpaired) electrons. The summed E-state index contributed by atoms with van der Waals surface area (Å²) < 4.78 is 13.9. The van der Waals surface area contributed by atoms with Gasteiger partial charge in [0.05, 0.1) is 6.04 Å². The van der Waals surface area contributed by atoms with Gasteiger partial charge in [0, 0.05) is 10.6 Å². The lowest BCUT2D eigenvalue weighted by atomic mass is 10.2. The molecule has 0 bridgehead atoms. The number of benzene rings is 1. The van der Waals surface area contributed by atoms with Crippen molar-refractivity contribution >= 4 is 11.6 Å². The maximum atomic E-state index is 13.9. The number of hydrogen-bond acceptors (Lipinski definition) is 2. The molecule has 1 saturated heterocycles. The highest BCUT2D eigenvalue weighted by Gasteiger charge is 2.22. The van der Waals surface area contributed by atoms with Crippen LogP contribution in [0.15, 0.2) is 24.3 Å². The van der Waals surface area contributed by atoms with Crippen LogP contribution in [-0.4, -0.2) is 16.5 Å². The zero-order chi connectivity index (χ0) is 12.5. The second-order valence-electron chi connectivity index (χ2n) is 4.44. The fraction of sp³-hybridized carbons (Fsp3) is 0.308. The second-order valence-corrected chi connectivity index (χ2v) is 4.88. The highest BCUT2D eigenvalue weighted by Crippen LogP contribution is 2.27. The van der Waals surface area contributed by atoms with Crippen LogP contribution in [0.5, 0.6) is 0 Å². The van der Waals surface area contributed by atoms with Crippen molar-refractivity contribution in [3.63, 3.8) is 0 Å². The summed E-state index contributed by atoms with van der Waals surface area (Å²) >= 11 is 5.82. The van der Waals surface area contributed by atoms with Gasteiger partial charge in [-0.1, -0.05) is 23.7 Å². The summed E-state index contributed by atoms with van der Waals surface area (Å²) in [6, 6.07) is 7.15. The van der Waals surface area contributed by atoms with Crippen molar-refractivity contribution in [3.8, 4) is 11.3 Å². The molecule has 94 valence electrons. The minimum absolute atomic E-state index is 0.139. The van der Waals surface area contributed by atoms with Gasteiger partial charge in [0.2, 0.25) is 5.95 Å². The predicted molar refractivity (Wildman–Crippen MR) is 69.0 cm³/mol. The fourth-order valence-corrected chi connectivity index (χ4v) is 2.38. The topological polar surface area (TPSA) is 40.7 Å². The Morgan fingerprint density at radius 2 is 2.06 bits per heavy atom. The average Bonchev–Trinajstić information content (AvgIpc) is 2.99. The third-order valence-electron chi connectivity index (χ3n) is 3.19. The van der Waals surface area contributed by atoms with Crippen molar-refractivity contribution < 1.29 is 4.39 Å². The van der Waals surface area contributed by atoms with Crippen LogP contribution in [0.2, 0.25) is 5.02 Å². The quantitative estimate of drug-likeness (QED) is 0.875. The van der Waals surface area contributed by atoms with Crippen LogP contribution in [0.25, 0.3) is 11.3 Å². The Balaban J connectivity index is 1.94. The van der Waals surface area contributed by atoms with Crippen LogP contribution in [0.1, 0.15) is 24.7 Å². The third-order valence-corrected chi connectivity index (χ3v) is 3.44. The molecule has 0 amide bonds. The minimum atomic E-state index is -0.388. The van der Waals surface area contributed by atoms with E-state index in [1.807, 2.05) is 0 Å². The van der Waals surface area contributed by atoms with Crippen molar-refractivity contribution in [1.82, 2.24) is 15.3 Å². The van der Waals surface area contributed by atoms with Gasteiger partial charge in [-0.05, 0) is 31.5 Å². The maximum Gasteiger partial charge on any atom is 0.219 e. The van der Waals surface area contributed by atoms with Crippen molar-refractivity contribution in [2.75, 3.05) is 6.54 Å². The smallest absolute Gasteiger partial charge is 0.219 e. The van der Waals surface area contributed by atoms with Gasteiger partial charge in [-0.15, -0.1) is 0 Å². The third kappa shape index (κ3) is 2.13. The molecule has 0 aliphatic carbocycles. The molecule has 1 fully saturated rings. The van der Waals surface area contributed by atoms with Crippen molar-refractivity contribution in [1.29, 1.82) is 0 Å². The lowest BCUT2D eigenvalue weighted by Gasteiger charge is -2.04. The molecule has 18 heavy (non-hydrogen) atoms. The van der Waals surface area contributed by atoms with Gasteiger partial charge in [-0.2, -0.15) is 4.39 Å². The molecular weight excluding hydrogens is 253 g/mol. The van der Waals surface area contributed by atoms with Gasteiger partial charge in [0.15, 0.2) is 0 Å². The zero-order valence-electron chi connectivity index (χ0n) is 9.71. The normalized spacial score (nSPS) is 19.3. The standard InChI is InChI=1S/C13H13ClFN3/c14-9-5-3-8(4-6-9)11-12(15)18-13(17-11)10-2-1-7-16-10/h3-6,10,16H,1-2,7H2,(H,17,18). The van der Waals surface area contributed by atoms with Crippen LogP contribution < -0.4 is 5.32 Å². The van der Waals surface area contributed by atoms with Gasteiger partial charge in [-0.3, -0.25) is 0 Å². The van der Waals surface area contributed by atoms with E-state index in [1.54, 1.807) is 24.3 Å². The Bertz CT molecular complexity index is 544. The number of rotatable bonds is 2. The SMILES string of the molecule is Fc1[nH]c(C2CCCN2)nc1-c1ccc(Cl)cc1. The van der Waals surface area contributed by atoms with E-state index >= 15 is 0 Å². The van der Waals surface area contributed by atoms with Crippen LogP contribution in [0, 0.1) is 5.95 Å². The van der Waals surface area contributed by atoms with Gasteiger partial charge >= 0.3 is 0 Å².